The molecule has 2 rings (SSSR count). The lowest BCUT2D eigenvalue weighted by atomic mass is 10.2. The van der Waals surface area contributed by atoms with Crippen molar-refractivity contribution in [1.82, 2.24) is 4.98 Å². The lowest BCUT2D eigenvalue weighted by Gasteiger charge is -2.11. The third-order valence-electron chi connectivity index (χ3n) is 2.52. The van der Waals surface area contributed by atoms with E-state index in [1.807, 2.05) is 5.38 Å². The molecule has 1 aromatic rings. The van der Waals surface area contributed by atoms with Crippen LogP contribution in [-0.4, -0.2) is 24.2 Å². The largest absolute Gasteiger partial charge is 0.381 e. The first-order valence-electron chi connectivity index (χ1n) is 4.68. The molecule has 14 heavy (non-hydrogen) atoms. The van der Waals surface area contributed by atoms with E-state index in [4.69, 9.17) is 4.74 Å². The van der Waals surface area contributed by atoms with Gasteiger partial charge in [-0.2, -0.15) is 0 Å². The van der Waals surface area contributed by atoms with E-state index in [2.05, 4.69) is 26.2 Å². The molecule has 1 aromatic heterocycles. The number of hydrogen-bond donors (Lipinski definition) is 1. The van der Waals surface area contributed by atoms with Gasteiger partial charge in [0.25, 0.3) is 0 Å². The molecule has 2 atom stereocenters. The average Bonchev–Trinajstić information content (AvgIpc) is 2.76. The van der Waals surface area contributed by atoms with Gasteiger partial charge in [0, 0.05) is 18.5 Å². The Kier molecular flexibility index (Phi) is 3.41. The van der Waals surface area contributed by atoms with Crippen LogP contribution in [0.4, 0.5) is 5.13 Å². The molecule has 1 aliphatic carbocycles. The van der Waals surface area contributed by atoms with Crippen LogP contribution in [-0.2, 0) is 4.74 Å². The van der Waals surface area contributed by atoms with Crippen LogP contribution in [0.3, 0.4) is 0 Å². The zero-order chi connectivity index (χ0) is 9.97. The lowest BCUT2D eigenvalue weighted by molar-refractivity contribution is 0.108. The summed E-state index contributed by atoms with van der Waals surface area (Å²) in [5.74, 6) is 0. The summed E-state index contributed by atoms with van der Waals surface area (Å²) in [7, 11) is 1.78. The van der Waals surface area contributed by atoms with Crippen molar-refractivity contribution >= 4 is 32.4 Å². The number of hydrogen-bond acceptors (Lipinski definition) is 4. The van der Waals surface area contributed by atoms with Gasteiger partial charge < -0.3 is 10.1 Å². The fraction of sp³-hybridized carbons (Fsp3) is 0.667. The van der Waals surface area contributed by atoms with E-state index in [1.165, 1.54) is 6.42 Å². The number of methoxy groups -OCH3 is 1. The third-order valence-corrected chi connectivity index (χ3v) is 4.00. The molecule has 5 heteroatoms. The molecule has 0 radical (unpaired) electrons. The molecule has 1 N–H and O–H groups in total. The molecule has 0 aromatic carbocycles. The molecule has 0 saturated heterocycles. The Bertz CT molecular complexity index is 305. The molecule has 0 bridgehead atoms. The van der Waals surface area contributed by atoms with E-state index < -0.39 is 0 Å². The van der Waals surface area contributed by atoms with E-state index in [9.17, 15) is 0 Å². The van der Waals surface area contributed by atoms with Crippen molar-refractivity contribution in [1.29, 1.82) is 0 Å². The van der Waals surface area contributed by atoms with Gasteiger partial charge in [0.15, 0.2) is 5.13 Å². The number of nitrogens with zero attached hydrogens (tertiary/aromatic N) is 1. The third kappa shape index (κ3) is 2.46. The highest BCUT2D eigenvalue weighted by Crippen LogP contribution is 2.27. The van der Waals surface area contributed by atoms with E-state index in [0.717, 1.165) is 22.6 Å². The maximum atomic E-state index is 5.32. The summed E-state index contributed by atoms with van der Waals surface area (Å²) >= 11 is 4.98. The predicted molar refractivity (Wildman–Crippen MR) is 61.9 cm³/mol. The van der Waals surface area contributed by atoms with E-state index >= 15 is 0 Å². The summed E-state index contributed by atoms with van der Waals surface area (Å²) in [6, 6.07) is 0.526. The van der Waals surface area contributed by atoms with Gasteiger partial charge in [-0.3, -0.25) is 0 Å². The normalized spacial score (nSPS) is 26.7. The van der Waals surface area contributed by atoms with Crippen molar-refractivity contribution < 1.29 is 4.74 Å². The first kappa shape index (κ1) is 10.4. The van der Waals surface area contributed by atoms with E-state index in [1.54, 1.807) is 18.4 Å². The molecule has 3 nitrogen and oxygen atoms in total. The van der Waals surface area contributed by atoms with Gasteiger partial charge in [-0.1, -0.05) is 0 Å². The number of nitrogens with one attached hydrogen (secondary N) is 1. The highest BCUT2D eigenvalue weighted by Gasteiger charge is 2.24. The van der Waals surface area contributed by atoms with Crippen molar-refractivity contribution in [2.45, 2.75) is 31.4 Å². The molecule has 1 heterocycles. The maximum Gasteiger partial charge on any atom is 0.183 e. The molecule has 0 aliphatic heterocycles. The van der Waals surface area contributed by atoms with Gasteiger partial charge >= 0.3 is 0 Å². The Morgan fingerprint density at radius 1 is 1.64 bits per heavy atom. The second-order valence-electron chi connectivity index (χ2n) is 3.49. The predicted octanol–water partition coefficient (Wildman–Crippen LogP) is 2.89. The fourth-order valence-corrected chi connectivity index (χ4v) is 3.00. The van der Waals surface area contributed by atoms with Gasteiger partial charge in [-0.05, 0) is 35.2 Å². The molecule has 1 saturated carbocycles. The zero-order valence-electron chi connectivity index (χ0n) is 8.00. The van der Waals surface area contributed by atoms with Crippen LogP contribution < -0.4 is 5.32 Å². The molecule has 2 unspecified atom stereocenters. The SMILES string of the molecule is COC1CCC(Nc2nc(Br)cs2)C1. The first-order valence-corrected chi connectivity index (χ1v) is 6.35. The van der Waals surface area contributed by atoms with Crippen LogP contribution in [0.5, 0.6) is 0 Å². The van der Waals surface area contributed by atoms with Crippen LogP contribution in [0.25, 0.3) is 0 Å². The van der Waals surface area contributed by atoms with Crippen molar-refractivity contribution in [3.8, 4) is 0 Å². The fourth-order valence-electron chi connectivity index (χ4n) is 1.78. The van der Waals surface area contributed by atoms with Crippen LogP contribution >= 0.6 is 27.3 Å². The summed E-state index contributed by atoms with van der Waals surface area (Å²) in [6.07, 6.45) is 3.85. The first-order chi connectivity index (χ1) is 6.78. The lowest BCUT2D eigenvalue weighted by Crippen LogP contribution is -2.16. The Morgan fingerprint density at radius 3 is 3.07 bits per heavy atom. The minimum atomic E-state index is 0.427. The van der Waals surface area contributed by atoms with Gasteiger partial charge in [-0.25, -0.2) is 4.98 Å². The Balaban J connectivity index is 1.87. The number of halogens is 1. The summed E-state index contributed by atoms with van der Waals surface area (Å²) < 4.78 is 6.23. The molecule has 78 valence electrons. The summed E-state index contributed by atoms with van der Waals surface area (Å²) in [4.78, 5) is 4.31. The monoisotopic (exact) mass is 276 g/mol. The molecule has 0 amide bonds. The van der Waals surface area contributed by atoms with Gasteiger partial charge in [0.05, 0.1) is 6.10 Å². The van der Waals surface area contributed by atoms with Gasteiger partial charge in [-0.15, -0.1) is 11.3 Å². The van der Waals surface area contributed by atoms with Crippen molar-refractivity contribution in [3.63, 3.8) is 0 Å². The average molecular weight is 277 g/mol. The zero-order valence-corrected chi connectivity index (χ0v) is 10.4. The molecular weight excluding hydrogens is 264 g/mol. The number of rotatable bonds is 3. The van der Waals surface area contributed by atoms with Gasteiger partial charge in [0.1, 0.15) is 4.60 Å². The highest BCUT2D eigenvalue weighted by molar-refractivity contribution is 9.10. The van der Waals surface area contributed by atoms with Gasteiger partial charge in [0.2, 0.25) is 0 Å². The Hall–Kier alpha value is -0.130. The van der Waals surface area contributed by atoms with E-state index in [0.29, 0.717) is 12.1 Å². The number of aromatic nitrogens is 1. The number of anilines is 1. The van der Waals surface area contributed by atoms with Crippen LogP contribution in [0.2, 0.25) is 0 Å². The molecule has 0 spiro atoms. The quantitative estimate of drug-likeness (QED) is 0.922. The van der Waals surface area contributed by atoms with Crippen molar-refractivity contribution in [2.75, 3.05) is 12.4 Å². The maximum absolute atomic E-state index is 5.32. The van der Waals surface area contributed by atoms with E-state index in [-0.39, 0.29) is 0 Å². The summed E-state index contributed by atoms with van der Waals surface area (Å²) in [5.41, 5.74) is 0. The smallest absolute Gasteiger partial charge is 0.183 e. The standard InChI is InChI=1S/C9H13BrN2OS/c1-13-7-3-2-6(4-7)11-9-12-8(10)5-14-9/h5-7H,2-4H2,1H3,(H,11,12). The summed E-state index contributed by atoms with van der Waals surface area (Å²) in [6.45, 7) is 0. The number of ether oxygens (including phenoxy) is 1. The minimum Gasteiger partial charge on any atom is -0.381 e. The second-order valence-corrected chi connectivity index (χ2v) is 5.16. The van der Waals surface area contributed by atoms with Crippen molar-refractivity contribution in [3.05, 3.63) is 9.98 Å². The Labute approximate surface area is 96.0 Å². The van der Waals surface area contributed by atoms with Crippen LogP contribution in [0, 0.1) is 0 Å². The second kappa shape index (κ2) is 4.59. The van der Waals surface area contributed by atoms with Crippen LogP contribution in [0.15, 0.2) is 9.98 Å². The molecular formula is C9H13BrN2OS. The number of thiazole rings is 1. The highest BCUT2D eigenvalue weighted by atomic mass is 79.9. The molecule has 1 fully saturated rings. The van der Waals surface area contributed by atoms with Crippen LogP contribution in [0.1, 0.15) is 19.3 Å². The Morgan fingerprint density at radius 2 is 2.50 bits per heavy atom. The molecule has 1 aliphatic rings. The summed E-state index contributed by atoms with van der Waals surface area (Å²) in [5, 5.41) is 6.41. The minimum absolute atomic E-state index is 0.427. The van der Waals surface area contributed by atoms with Crippen molar-refractivity contribution in [2.24, 2.45) is 0 Å². The topological polar surface area (TPSA) is 34.1 Å².